The SMILES string of the molecule is CN=C(NCc1ccccc1S(=O)(=O)NC(C)(C)C)N(C)CCOCC1CC1.I. The average molecular weight is 538 g/mol. The Bertz CT molecular complexity index is 774. The van der Waals surface area contributed by atoms with Gasteiger partial charge in [-0.05, 0) is 51.2 Å². The fraction of sp³-hybridized carbons (Fsp3) is 0.650. The van der Waals surface area contributed by atoms with Crippen molar-refractivity contribution in [1.82, 2.24) is 14.9 Å². The second kappa shape index (κ2) is 11.5. The van der Waals surface area contributed by atoms with Gasteiger partial charge in [0.1, 0.15) is 0 Å². The molecule has 1 aliphatic rings. The van der Waals surface area contributed by atoms with Crippen LogP contribution >= 0.6 is 24.0 Å². The van der Waals surface area contributed by atoms with Crippen molar-refractivity contribution in [1.29, 1.82) is 0 Å². The minimum atomic E-state index is -3.61. The van der Waals surface area contributed by atoms with Gasteiger partial charge in [-0.3, -0.25) is 4.99 Å². The molecule has 0 heterocycles. The van der Waals surface area contributed by atoms with E-state index in [9.17, 15) is 8.42 Å². The van der Waals surface area contributed by atoms with Crippen LogP contribution in [0.5, 0.6) is 0 Å². The van der Waals surface area contributed by atoms with Crippen LogP contribution in [-0.4, -0.2) is 58.7 Å². The molecule has 1 saturated carbocycles. The van der Waals surface area contributed by atoms with E-state index in [2.05, 4.69) is 15.0 Å². The highest BCUT2D eigenvalue weighted by Crippen LogP contribution is 2.28. The summed E-state index contributed by atoms with van der Waals surface area (Å²) in [6, 6.07) is 7.02. The number of ether oxygens (including phenoxy) is 1. The third-order valence-corrected chi connectivity index (χ3v) is 6.19. The fourth-order valence-electron chi connectivity index (χ4n) is 2.77. The number of nitrogens with zero attached hydrogens (tertiary/aromatic N) is 2. The van der Waals surface area contributed by atoms with E-state index in [0.29, 0.717) is 24.7 Å². The lowest BCUT2D eigenvalue weighted by Crippen LogP contribution is -2.42. The van der Waals surface area contributed by atoms with E-state index in [1.54, 1.807) is 19.2 Å². The number of aliphatic imine (C=N–C) groups is 1. The summed E-state index contributed by atoms with van der Waals surface area (Å²) < 4.78 is 33.9. The minimum Gasteiger partial charge on any atom is -0.379 e. The van der Waals surface area contributed by atoms with Crippen LogP contribution in [0, 0.1) is 5.92 Å². The smallest absolute Gasteiger partial charge is 0.241 e. The molecule has 0 radical (unpaired) electrons. The Labute approximate surface area is 192 Å². The first-order chi connectivity index (χ1) is 13.1. The van der Waals surface area contributed by atoms with Crippen molar-refractivity contribution in [3.63, 3.8) is 0 Å². The van der Waals surface area contributed by atoms with Gasteiger partial charge in [0.15, 0.2) is 5.96 Å². The Morgan fingerprint density at radius 3 is 2.52 bits per heavy atom. The predicted molar refractivity (Wildman–Crippen MR) is 128 cm³/mol. The molecule has 0 saturated heterocycles. The lowest BCUT2D eigenvalue weighted by Gasteiger charge is -2.24. The highest BCUT2D eigenvalue weighted by Gasteiger charge is 2.24. The van der Waals surface area contributed by atoms with E-state index < -0.39 is 15.6 Å². The van der Waals surface area contributed by atoms with Crippen LogP contribution in [0.3, 0.4) is 0 Å². The normalized spacial score (nSPS) is 15.0. The molecular formula is C20H35IN4O3S. The molecule has 1 fully saturated rings. The maximum absolute atomic E-state index is 12.8. The number of sulfonamides is 1. The van der Waals surface area contributed by atoms with Crippen molar-refractivity contribution in [2.45, 2.75) is 50.6 Å². The average Bonchev–Trinajstić information content (AvgIpc) is 3.42. The second-order valence-electron chi connectivity index (χ2n) is 8.30. The summed E-state index contributed by atoms with van der Waals surface area (Å²) in [7, 11) is 0.0532. The molecule has 1 aromatic rings. The highest BCUT2D eigenvalue weighted by molar-refractivity contribution is 14.0. The number of nitrogens with one attached hydrogen (secondary N) is 2. The maximum Gasteiger partial charge on any atom is 0.241 e. The van der Waals surface area contributed by atoms with Crippen LogP contribution in [0.25, 0.3) is 0 Å². The van der Waals surface area contributed by atoms with Gasteiger partial charge in [0.2, 0.25) is 10.0 Å². The first-order valence-corrected chi connectivity index (χ1v) is 11.2. The maximum atomic E-state index is 12.8. The zero-order chi connectivity index (χ0) is 20.8. The van der Waals surface area contributed by atoms with E-state index in [0.717, 1.165) is 19.1 Å². The van der Waals surface area contributed by atoms with Crippen LogP contribution in [-0.2, 0) is 21.3 Å². The van der Waals surface area contributed by atoms with Crippen molar-refractivity contribution >= 4 is 40.0 Å². The van der Waals surface area contributed by atoms with Crippen molar-refractivity contribution in [2.24, 2.45) is 10.9 Å². The third-order valence-electron chi connectivity index (χ3n) is 4.33. The molecule has 2 rings (SSSR count). The van der Waals surface area contributed by atoms with Gasteiger partial charge in [-0.15, -0.1) is 24.0 Å². The molecule has 0 aromatic heterocycles. The van der Waals surface area contributed by atoms with Crippen LogP contribution in [0.2, 0.25) is 0 Å². The van der Waals surface area contributed by atoms with E-state index in [1.165, 1.54) is 12.8 Å². The topological polar surface area (TPSA) is 83.0 Å². The minimum absolute atomic E-state index is 0. The quantitative estimate of drug-likeness (QED) is 0.219. The largest absolute Gasteiger partial charge is 0.379 e. The lowest BCUT2D eigenvalue weighted by atomic mass is 10.1. The summed E-state index contributed by atoms with van der Waals surface area (Å²) >= 11 is 0. The number of hydrogen-bond donors (Lipinski definition) is 2. The third kappa shape index (κ3) is 9.18. The Morgan fingerprint density at radius 1 is 1.28 bits per heavy atom. The van der Waals surface area contributed by atoms with E-state index in [1.807, 2.05) is 44.9 Å². The van der Waals surface area contributed by atoms with Crippen LogP contribution in [0.15, 0.2) is 34.2 Å². The molecular weight excluding hydrogens is 503 g/mol. The number of benzene rings is 1. The number of halogens is 1. The van der Waals surface area contributed by atoms with Gasteiger partial charge in [0, 0.05) is 39.3 Å². The molecule has 29 heavy (non-hydrogen) atoms. The molecule has 0 amide bonds. The van der Waals surface area contributed by atoms with Gasteiger partial charge < -0.3 is 15.0 Å². The summed E-state index contributed by atoms with van der Waals surface area (Å²) in [5.74, 6) is 1.45. The molecule has 7 nitrogen and oxygen atoms in total. The predicted octanol–water partition coefficient (Wildman–Crippen LogP) is 2.82. The van der Waals surface area contributed by atoms with Crippen molar-refractivity contribution in [3.8, 4) is 0 Å². The Morgan fingerprint density at radius 2 is 1.93 bits per heavy atom. The Balaban J connectivity index is 0.00000420. The van der Waals surface area contributed by atoms with E-state index >= 15 is 0 Å². The number of rotatable bonds is 9. The molecule has 9 heteroatoms. The molecule has 0 unspecified atom stereocenters. The lowest BCUT2D eigenvalue weighted by molar-refractivity contribution is 0.115. The van der Waals surface area contributed by atoms with Gasteiger partial charge in [0.25, 0.3) is 0 Å². The van der Waals surface area contributed by atoms with Crippen molar-refractivity contribution < 1.29 is 13.2 Å². The Hall–Kier alpha value is -0.910. The molecule has 1 aliphatic carbocycles. The molecule has 166 valence electrons. The van der Waals surface area contributed by atoms with Crippen LogP contribution in [0.4, 0.5) is 0 Å². The van der Waals surface area contributed by atoms with Gasteiger partial charge in [0.05, 0.1) is 11.5 Å². The summed E-state index contributed by atoms with van der Waals surface area (Å²) in [6.07, 6.45) is 2.57. The molecule has 0 bridgehead atoms. The standard InChI is InChI=1S/C20H34N4O3S.HI/c1-20(2,3)23-28(25,26)18-9-7-6-8-17(18)14-22-19(21-4)24(5)12-13-27-15-16-10-11-16;/h6-9,16,23H,10-15H2,1-5H3,(H,21,22);1H. The molecule has 0 aliphatic heterocycles. The first-order valence-electron chi connectivity index (χ1n) is 9.74. The van der Waals surface area contributed by atoms with Gasteiger partial charge in [-0.1, -0.05) is 18.2 Å². The van der Waals surface area contributed by atoms with Crippen molar-refractivity contribution in [3.05, 3.63) is 29.8 Å². The Kier molecular flexibility index (Phi) is 10.3. The van der Waals surface area contributed by atoms with Gasteiger partial charge in [-0.25, -0.2) is 13.1 Å². The van der Waals surface area contributed by atoms with E-state index in [4.69, 9.17) is 4.74 Å². The summed E-state index contributed by atoms with van der Waals surface area (Å²) in [5.41, 5.74) is 0.148. The molecule has 1 aromatic carbocycles. The molecule has 2 N–H and O–H groups in total. The zero-order valence-corrected chi connectivity index (χ0v) is 21.2. The summed E-state index contributed by atoms with van der Waals surface area (Å²) in [6.45, 7) is 8.05. The van der Waals surface area contributed by atoms with Crippen LogP contribution in [0.1, 0.15) is 39.2 Å². The monoisotopic (exact) mass is 538 g/mol. The molecule has 0 atom stereocenters. The number of likely N-dealkylation sites (N-methyl/N-ethyl adjacent to an activating group) is 1. The van der Waals surface area contributed by atoms with Crippen molar-refractivity contribution in [2.75, 3.05) is 33.9 Å². The zero-order valence-electron chi connectivity index (χ0n) is 18.1. The first kappa shape index (κ1) is 26.1. The van der Waals surface area contributed by atoms with Gasteiger partial charge >= 0.3 is 0 Å². The molecule has 0 spiro atoms. The second-order valence-corrected chi connectivity index (χ2v) is 9.95. The summed E-state index contributed by atoms with van der Waals surface area (Å²) in [5, 5.41) is 3.25. The number of guanidine groups is 1. The van der Waals surface area contributed by atoms with Crippen LogP contribution < -0.4 is 10.0 Å². The number of hydrogen-bond acceptors (Lipinski definition) is 4. The fourth-order valence-corrected chi connectivity index (χ4v) is 4.43. The summed E-state index contributed by atoms with van der Waals surface area (Å²) in [4.78, 5) is 6.56. The van der Waals surface area contributed by atoms with E-state index in [-0.39, 0.29) is 28.9 Å². The van der Waals surface area contributed by atoms with Gasteiger partial charge in [-0.2, -0.15) is 0 Å². The highest BCUT2D eigenvalue weighted by atomic mass is 127.